The van der Waals surface area contributed by atoms with Gasteiger partial charge in [0.25, 0.3) is 5.91 Å². The van der Waals surface area contributed by atoms with Crippen molar-refractivity contribution in [2.75, 3.05) is 13.2 Å². The highest BCUT2D eigenvalue weighted by atomic mass is 19.4. The van der Waals surface area contributed by atoms with E-state index in [2.05, 4.69) is 0 Å². The van der Waals surface area contributed by atoms with E-state index in [0.717, 1.165) is 12.8 Å². The summed E-state index contributed by atoms with van der Waals surface area (Å²) < 4.78 is 56.9. The Morgan fingerprint density at radius 2 is 1.86 bits per heavy atom. The van der Waals surface area contributed by atoms with Crippen LogP contribution < -0.4 is 0 Å². The number of benzene rings is 1. The molecule has 0 radical (unpaired) electrons. The molecule has 0 aromatic heterocycles. The van der Waals surface area contributed by atoms with Gasteiger partial charge in [-0.1, -0.05) is 0 Å². The van der Waals surface area contributed by atoms with Crippen molar-refractivity contribution < 1.29 is 27.1 Å². The van der Waals surface area contributed by atoms with Gasteiger partial charge >= 0.3 is 6.18 Å². The summed E-state index contributed by atoms with van der Waals surface area (Å²) in [5.41, 5.74) is -1.54. The molecule has 1 aliphatic carbocycles. The zero-order chi connectivity index (χ0) is 15.2. The molecule has 1 amide bonds. The van der Waals surface area contributed by atoms with E-state index in [1.807, 2.05) is 0 Å². The number of nitrogens with zero attached hydrogens (tertiary/aromatic N) is 1. The molecule has 0 unspecified atom stereocenters. The minimum atomic E-state index is -4.60. The van der Waals surface area contributed by atoms with E-state index in [9.17, 15) is 22.4 Å². The summed E-state index contributed by atoms with van der Waals surface area (Å²) in [6, 6.07) is 1.74. The maximum atomic E-state index is 13.8. The Morgan fingerprint density at radius 3 is 2.33 bits per heavy atom. The van der Waals surface area contributed by atoms with E-state index in [0.29, 0.717) is 31.4 Å². The summed E-state index contributed by atoms with van der Waals surface area (Å²) >= 11 is 0. The van der Waals surface area contributed by atoms with Gasteiger partial charge in [0.2, 0.25) is 0 Å². The number of alkyl halides is 3. The van der Waals surface area contributed by atoms with E-state index in [4.69, 9.17) is 4.74 Å². The van der Waals surface area contributed by atoms with Crippen molar-refractivity contribution in [1.29, 1.82) is 0 Å². The van der Waals surface area contributed by atoms with E-state index < -0.39 is 29.0 Å². The van der Waals surface area contributed by atoms with Crippen LogP contribution in [0.15, 0.2) is 18.2 Å². The maximum Gasteiger partial charge on any atom is 0.416 e. The SMILES string of the molecule is O=C(c1cc(C(F)(F)F)ccc1F)N(C1CC1)C1COC1. The smallest absolute Gasteiger partial charge is 0.377 e. The minimum Gasteiger partial charge on any atom is -0.377 e. The summed E-state index contributed by atoms with van der Waals surface area (Å²) in [4.78, 5) is 13.9. The summed E-state index contributed by atoms with van der Waals surface area (Å²) in [6.07, 6.45) is -3.02. The van der Waals surface area contributed by atoms with Crippen molar-refractivity contribution in [2.45, 2.75) is 31.1 Å². The summed E-state index contributed by atoms with van der Waals surface area (Å²) in [5.74, 6) is -1.62. The Kier molecular flexibility index (Phi) is 3.39. The monoisotopic (exact) mass is 303 g/mol. The fraction of sp³-hybridized carbons (Fsp3) is 0.500. The highest BCUT2D eigenvalue weighted by Gasteiger charge is 2.42. The standard InChI is InChI=1S/C14H13F4NO2/c15-12-4-1-8(14(16,17)18)5-11(12)13(20)19(9-2-3-9)10-6-21-7-10/h1,4-5,9-10H,2-3,6-7H2. The zero-order valence-electron chi connectivity index (χ0n) is 11.0. The lowest BCUT2D eigenvalue weighted by Gasteiger charge is -2.37. The first-order valence-corrected chi connectivity index (χ1v) is 6.65. The number of hydrogen-bond donors (Lipinski definition) is 0. The quantitative estimate of drug-likeness (QED) is 0.804. The van der Waals surface area contributed by atoms with Crippen molar-refractivity contribution in [3.63, 3.8) is 0 Å². The molecule has 1 aromatic rings. The predicted octanol–water partition coefficient (Wildman–Crippen LogP) is 2.85. The Bertz CT molecular complexity index is 565. The van der Waals surface area contributed by atoms with Gasteiger partial charge in [-0.2, -0.15) is 13.2 Å². The Morgan fingerprint density at radius 1 is 1.19 bits per heavy atom. The van der Waals surface area contributed by atoms with Crippen LogP contribution >= 0.6 is 0 Å². The highest BCUT2D eigenvalue weighted by molar-refractivity contribution is 5.95. The van der Waals surface area contributed by atoms with Gasteiger partial charge in [-0.05, 0) is 31.0 Å². The molecule has 0 spiro atoms. The van der Waals surface area contributed by atoms with Crippen LogP contribution in [0, 0.1) is 5.82 Å². The average Bonchev–Trinajstić information content (AvgIpc) is 3.16. The van der Waals surface area contributed by atoms with Gasteiger partial charge in [0.15, 0.2) is 0 Å². The van der Waals surface area contributed by atoms with Gasteiger partial charge in [-0.15, -0.1) is 0 Å². The first-order chi connectivity index (χ1) is 9.88. The lowest BCUT2D eigenvalue weighted by atomic mass is 10.1. The summed E-state index contributed by atoms with van der Waals surface area (Å²) in [6.45, 7) is 0.700. The lowest BCUT2D eigenvalue weighted by Crippen LogP contribution is -2.52. The third kappa shape index (κ3) is 2.74. The third-order valence-electron chi connectivity index (χ3n) is 3.71. The van der Waals surface area contributed by atoms with Crippen LogP contribution in [-0.2, 0) is 10.9 Å². The van der Waals surface area contributed by atoms with Gasteiger partial charge in [0.05, 0.1) is 30.4 Å². The van der Waals surface area contributed by atoms with Gasteiger partial charge in [0, 0.05) is 6.04 Å². The van der Waals surface area contributed by atoms with Crippen molar-refractivity contribution in [2.24, 2.45) is 0 Å². The number of halogens is 4. The zero-order valence-corrected chi connectivity index (χ0v) is 11.0. The fourth-order valence-corrected chi connectivity index (χ4v) is 2.37. The maximum absolute atomic E-state index is 13.8. The molecule has 2 aliphatic rings. The molecule has 1 heterocycles. The molecule has 1 saturated carbocycles. The number of hydrogen-bond acceptors (Lipinski definition) is 2. The highest BCUT2D eigenvalue weighted by Crippen LogP contribution is 2.34. The van der Waals surface area contributed by atoms with E-state index in [1.165, 1.54) is 4.90 Å². The molecule has 1 aliphatic heterocycles. The van der Waals surface area contributed by atoms with E-state index in [-0.39, 0.29) is 12.1 Å². The molecule has 0 atom stereocenters. The van der Waals surface area contributed by atoms with Crippen LogP contribution in [0.4, 0.5) is 17.6 Å². The average molecular weight is 303 g/mol. The number of amides is 1. The first kappa shape index (κ1) is 14.3. The molecule has 7 heteroatoms. The van der Waals surface area contributed by atoms with Crippen molar-refractivity contribution >= 4 is 5.91 Å². The topological polar surface area (TPSA) is 29.5 Å². The molecule has 1 saturated heterocycles. The molecular formula is C14H13F4NO2. The second-order valence-electron chi connectivity index (χ2n) is 5.33. The lowest BCUT2D eigenvalue weighted by molar-refractivity contribution is -0.137. The van der Waals surface area contributed by atoms with Gasteiger partial charge < -0.3 is 9.64 Å². The van der Waals surface area contributed by atoms with Crippen LogP contribution in [0.2, 0.25) is 0 Å². The van der Waals surface area contributed by atoms with Crippen molar-refractivity contribution in [3.05, 3.63) is 35.1 Å². The third-order valence-corrected chi connectivity index (χ3v) is 3.71. The van der Waals surface area contributed by atoms with Crippen LogP contribution in [0.5, 0.6) is 0 Å². The normalized spacial score (nSPS) is 19.2. The Labute approximate surface area is 118 Å². The first-order valence-electron chi connectivity index (χ1n) is 6.65. The second kappa shape index (κ2) is 4.98. The predicted molar refractivity (Wildman–Crippen MR) is 65.2 cm³/mol. The molecule has 114 valence electrons. The molecule has 21 heavy (non-hydrogen) atoms. The second-order valence-corrected chi connectivity index (χ2v) is 5.33. The molecule has 0 N–H and O–H groups in total. The van der Waals surface area contributed by atoms with E-state index >= 15 is 0 Å². The minimum absolute atomic E-state index is 0.0136. The number of carbonyl (C=O) groups is 1. The molecule has 0 bridgehead atoms. The molecule has 1 aromatic carbocycles. The molecule has 3 nitrogen and oxygen atoms in total. The number of ether oxygens (including phenoxy) is 1. The fourth-order valence-electron chi connectivity index (χ4n) is 2.37. The van der Waals surface area contributed by atoms with Crippen LogP contribution in [0.25, 0.3) is 0 Å². The summed E-state index contributed by atoms with van der Waals surface area (Å²) in [7, 11) is 0. The van der Waals surface area contributed by atoms with Crippen LogP contribution in [-0.4, -0.2) is 36.1 Å². The van der Waals surface area contributed by atoms with E-state index in [1.54, 1.807) is 0 Å². The largest absolute Gasteiger partial charge is 0.416 e. The molecule has 2 fully saturated rings. The van der Waals surface area contributed by atoms with Crippen molar-refractivity contribution in [3.8, 4) is 0 Å². The summed E-state index contributed by atoms with van der Waals surface area (Å²) in [5, 5.41) is 0. The molecule has 3 rings (SSSR count). The van der Waals surface area contributed by atoms with Crippen LogP contribution in [0.3, 0.4) is 0 Å². The van der Waals surface area contributed by atoms with Crippen molar-refractivity contribution in [1.82, 2.24) is 4.90 Å². The van der Waals surface area contributed by atoms with Crippen LogP contribution in [0.1, 0.15) is 28.8 Å². The van der Waals surface area contributed by atoms with Gasteiger partial charge in [-0.3, -0.25) is 4.79 Å². The molecular weight excluding hydrogens is 290 g/mol. The van der Waals surface area contributed by atoms with Gasteiger partial charge in [-0.25, -0.2) is 4.39 Å². The number of rotatable bonds is 3. The van der Waals surface area contributed by atoms with Gasteiger partial charge in [0.1, 0.15) is 5.82 Å². The Hall–Kier alpha value is -1.63. The Balaban J connectivity index is 1.92. The number of carbonyl (C=O) groups excluding carboxylic acids is 1.